The molecule has 2 aromatic heterocycles. The molecule has 0 aliphatic carbocycles. The minimum atomic E-state index is -0.553. The first-order valence-electron chi connectivity index (χ1n) is 7.46. The van der Waals surface area contributed by atoms with Crippen LogP contribution in [-0.4, -0.2) is 32.3 Å². The molecule has 0 bridgehead atoms. The summed E-state index contributed by atoms with van der Waals surface area (Å²) in [5, 5.41) is 11.7. The molecule has 134 valence electrons. The number of hydrogen-bond donors (Lipinski definition) is 2. The van der Waals surface area contributed by atoms with Crippen molar-refractivity contribution in [3.05, 3.63) is 47.7 Å². The lowest BCUT2D eigenvalue weighted by Crippen LogP contribution is -2.20. The number of anilines is 1. The van der Waals surface area contributed by atoms with Gasteiger partial charge in [0.05, 0.1) is 12.0 Å². The highest BCUT2D eigenvalue weighted by molar-refractivity contribution is 7.99. The van der Waals surface area contributed by atoms with Crippen LogP contribution < -0.4 is 11.1 Å². The molecule has 2 amide bonds. The van der Waals surface area contributed by atoms with Gasteiger partial charge in [0.25, 0.3) is 0 Å². The number of nitrogens with two attached hydrogens (primary N) is 1. The normalized spacial score (nSPS) is 10.7. The lowest BCUT2D eigenvalue weighted by molar-refractivity contribution is -0.118. The fourth-order valence-corrected chi connectivity index (χ4v) is 3.10. The van der Waals surface area contributed by atoms with Crippen LogP contribution in [-0.2, 0) is 16.1 Å². The standard InChI is InChI=1S/C16H14ClN5O3S/c17-10-3-1-4-11(7-10)19-14(24)9-26-16-21-20-15(12-5-2-6-25-12)22(16)8-13(18)23/h1-7H,8-9H2,(H2,18,23)(H,19,24). The van der Waals surface area contributed by atoms with Crippen LogP contribution in [0, 0.1) is 0 Å². The highest BCUT2D eigenvalue weighted by Gasteiger charge is 2.18. The van der Waals surface area contributed by atoms with Crippen LogP contribution in [0.15, 0.2) is 52.2 Å². The molecule has 0 saturated heterocycles. The zero-order chi connectivity index (χ0) is 18.5. The fourth-order valence-electron chi connectivity index (χ4n) is 2.18. The van der Waals surface area contributed by atoms with E-state index >= 15 is 0 Å². The molecule has 3 aromatic rings. The second-order valence-corrected chi connectivity index (χ2v) is 6.56. The smallest absolute Gasteiger partial charge is 0.237 e. The first kappa shape index (κ1) is 18.0. The molecule has 0 unspecified atom stereocenters. The monoisotopic (exact) mass is 391 g/mol. The van der Waals surface area contributed by atoms with E-state index in [4.69, 9.17) is 21.8 Å². The van der Waals surface area contributed by atoms with E-state index < -0.39 is 5.91 Å². The molecular formula is C16H14ClN5O3S. The topological polar surface area (TPSA) is 116 Å². The fraction of sp³-hybridized carbons (Fsp3) is 0.125. The molecule has 26 heavy (non-hydrogen) atoms. The van der Waals surface area contributed by atoms with Crippen molar-refractivity contribution in [1.29, 1.82) is 0 Å². The number of carbonyl (C=O) groups is 2. The molecular weight excluding hydrogens is 378 g/mol. The Labute approximate surface area is 157 Å². The number of nitrogens with zero attached hydrogens (tertiary/aromatic N) is 3. The van der Waals surface area contributed by atoms with Gasteiger partial charge in [-0.1, -0.05) is 29.4 Å². The Morgan fingerprint density at radius 1 is 1.27 bits per heavy atom. The van der Waals surface area contributed by atoms with Crippen molar-refractivity contribution in [2.24, 2.45) is 5.73 Å². The van der Waals surface area contributed by atoms with Gasteiger partial charge >= 0.3 is 0 Å². The molecule has 0 saturated carbocycles. The van der Waals surface area contributed by atoms with Crippen LogP contribution in [0.1, 0.15) is 0 Å². The summed E-state index contributed by atoms with van der Waals surface area (Å²) in [5.41, 5.74) is 5.90. The van der Waals surface area contributed by atoms with E-state index in [1.54, 1.807) is 36.4 Å². The number of thioether (sulfide) groups is 1. The number of furan rings is 1. The van der Waals surface area contributed by atoms with Crippen molar-refractivity contribution >= 4 is 40.9 Å². The predicted octanol–water partition coefficient (Wildman–Crippen LogP) is 2.41. The second kappa shape index (κ2) is 8.07. The maximum Gasteiger partial charge on any atom is 0.237 e. The van der Waals surface area contributed by atoms with E-state index in [1.807, 2.05) is 0 Å². The van der Waals surface area contributed by atoms with Gasteiger partial charge in [0, 0.05) is 10.7 Å². The van der Waals surface area contributed by atoms with Crippen molar-refractivity contribution in [2.45, 2.75) is 11.7 Å². The third kappa shape index (κ3) is 4.44. The lowest BCUT2D eigenvalue weighted by atomic mass is 10.3. The Hall–Kier alpha value is -2.78. The van der Waals surface area contributed by atoms with Gasteiger partial charge in [-0.3, -0.25) is 14.2 Å². The summed E-state index contributed by atoms with van der Waals surface area (Å²) in [6, 6.07) is 10.2. The summed E-state index contributed by atoms with van der Waals surface area (Å²) in [6.07, 6.45) is 1.49. The third-order valence-corrected chi connectivity index (χ3v) is 4.41. The molecule has 3 rings (SSSR count). The molecule has 10 heteroatoms. The molecule has 8 nitrogen and oxygen atoms in total. The zero-order valence-corrected chi connectivity index (χ0v) is 15.0. The molecule has 0 atom stereocenters. The number of primary amides is 1. The van der Waals surface area contributed by atoms with E-state index in [-0.39, 0.29) is 18.2 Å². The van der Waals surface area contributed by atoms with Gasteiger partial charge in [0.2, 0.25) is 17.6 Å². The van der Waals surface area contributed by atoms with Crippen LogP contribution in [0.3, 0.4) is 0 Å². The molecule has 0 radical (unpaired) electrons. The van der Waals surface area contributed by atoms with Crippen LogP contribution in [0.2, 0.25) is 5.02 Å². The number of halogens is 1. The van der Waals surface area contributed by atoms with Crippen molar-refractivity contribution in [2.75, 3.05) is 11.1 Å². The summed E-state index contributed by atoms with van der Waals surface area (Å²) in [6.45, 7) is -0.124. The zero-order valence-electron chi connectivity index (χ0n) is 13.4. The maximum absolute atomic E-state index is 12.1. The Morgan fingerprint density at radius 2 is 2.12 bits per heavy atom. The van der Waals surface area contributed by atoms with E-state index in [0.717, 1.165) is 11.8 Å². The van der Waals surface area contributed by atoms with Gasteiger partial charge in [-0.15, -0.1) is 10.2 Å². The van der Waals surface area contributed by atoms with E-state index in [0.29, 0.717) is 27.5 Å². The summed E-state index contributed by atoms with van der Waals surface area (Å²) in [5.74, 6) is 0.0930. The first-order chi connectivity index (χ1) is 12.5. The van der Waals surface area contributed by atoms with Crippen LogP contribution in [0.4, 0.5) is 5.69 Å². The van der Waals surface area contributed by atoms with E-state index in [9.17, 15) is 9.59 Å². The summed E-state index contributed by atoms with van der Waals surface area (Å²) < 4.78 is 6.81. The molecule has 0 spiro atoms. The van der Waals surface area contributed by atoms with Crippen molar-refractivity contribution in [1.82, 2.24) is 14.8 Å². The second-order valence-electron chi connectivity index (χ2n) is 5.18. The number of hydrogen-bond acceptors (Lipinski definition) is 6. The lowest BCUT2D eigenvalue weighted by Gasteiger charge is -2.07. The number of benzene rings is 1. The minimum Gasteiger partial charge on any atom is -0.461 e. The van der Waals surface area contributed by atoms with Gasteiger partial charge in [0.15, 0.2) is 10.9 Å². The van der Waals surface area contributed by atoms with Gasteiger partial charge in [-0.05, 0) is 30.3 Å². The number of rotatable bonds is 7. The number of amides is 2. The van der Waals surface area contributed by atoms with Gasteiger partial charge in [0.1, 0.15) is 6.54 Å². The summed E-state index contributed by atoms with van der Waals surface area (Å²) >= 11 is 7.02. The molecule has 0 aliphatic heterocycles. The predicted molar refractivity (Wildman–Crippen MR) is 97.7 cm³/mol. The van der Waals surface area contributed by atoms with Crippen molar-refractivity contribution in [3.63, 3.8) is 0 Å². The number of carbonyl (C=O) groups excluding carboxylic acids is 2. The molecule has 0 fully saturated rings. The SMILES string of the molecule is NC(=O)Cn1c(SCC(=O)Nc2cccc(Cl)c2)nnc1-c1ccco1. The summed E-state index contributed by atoms with van der Waals surface area (Å²) in [4.78, 5) is 23.5. The Balaban J connectivity index is 1.71. The highest BCUT2D eigenvalue weighted by Crippen LogP contribution is 2.24. The Kier molecular flexibility index (Phi) is 5.59. The van der Waals surface area contributed by atoms with E-state index in [1.165, 1.54) is 10.8 Å². The number of nitrogens with one attached hydrogen (secondary N) is 1. The Morgan fingerprint density at radius 3 is 2.81 bits per heavy atom. The highest BCUT2D eigenvalue weighted by atomic mass is 35.5. The molecule has 3 N–H and O–H groups in total. The average Bonchev–Trinajstić information content (AvgIpc) is 3.22. The van der Waals surface area contributed by atoms with Crippen molar-refractivity contribution < 1.29 is 14.0 Å². The third-order valence-electron chi connectivity index (χ3n) is 3.21. The van der Waals surface area contributed by atoms with Crippen LogP contribution in [0.25, 0.3) is 11.6 Å². The van der Waals surface area contributed by atoms with Crippen LogP contribution in [0.5, 0.6) is 0 Å². The maximum atomic E-state index is 12.1. The quantitative estimate of drug-likeness (QED) is 0.597. The largest absolute Gasteiger partial charge is 0.461 e. The molecule has 1 aromatic carbocycles. The van der Waals surface area contributed by atoms with Gasteiger partial charge < -0.3 is 15.5 Å². The average molecular weight is 392 g/mol. The van der Waals surface area contributed by atoms with E-state index in [2.05, 4.69) is 15.5 Å². The molecule has 0 aliphatic rings. The van der Waals surface area contributed by atoms with Gasteiger partial charge in [-0.2, -0.15) is 0 Å². The number of aromatic nitrogens is 3. The first-order valence-corrected chi connectivity index (χ1v) is 8.83. The van der Waals surface area contributed by atoms with Gasteiger partial charge in [-0.25, -0.2) is 0 Å². The molecule has 2 heterocycles. The summed E-state index contributed by atoms with van der Waals surface area (Å²) in [7, 11) is 0. The van der Waals surface area contributed by atoms with Crippen LogP contribution >= 0.6 is 23.4 Å². The Bertz CT molecular complexity index is 926. The minimum absolute atomic E-state index is 0.0710. The van der Waals surface area contributed by atoms with Crippen molar-refractivity contribution in [3.8, 4) is 11.6 Å².